The van der Waals surface area contributed by atoms with Gasteiger partial charge in [-0.2, -0.15) is 0 Å². The summed E-state index contributed by atoms with van der Waals surface area (Å²) < 4.78 is 21.5. The van der Waals surface area contributed by atoms with E-state index in [4.69, 9.17) is 4.74 Å². The van der Waals surface area contributed by atoms with Crippen molar-refractivity contribution < 1.29 is 19.0 Å². The van der Waals surface area contributed by atoms with Gasteiger partial charge >= 0.3 is 6.03 Å². The highest BCUT2D eigenvalue weighted by Crippen LogP contribution is 2.50. The Labute approximate surface area is 230 Å². The van der Waals surface area contributed by atoms with Gasteiger partial charge in [-0.1, -0.05) is 6.07 Å². The first-order chi connectivity index (χ1) is 18.9. The number of fused-ring (bicyclic) bond motifs is 4. The van der Waals surface area contributed by atoms with Gasteiger partial charge in [0.1, 0.15) is 16.6 Å². The maximum atomic E-state index is 13.9. The van der Waals surface area contributed by atoms with Gasteiger partial charge in [0.2, 0.25) is 0 Å². The molecule has 0 radical (unpaired) electrons. The number of nitrogens with one attached hydrogen (secondary N) is 1. The fraction of sp³-hybridized carbons (Fsp3) is 0.379. The van der Waals surface area contributed by atoms with Crippen molar-refractivity contribution in [3.05, 3.63) is 76.1 Å². The molecule has 4 heterocycles. The van der Waals surface area contributed by atoms with Crippen molar-refractivity contribution in [1.82, 2.24) is 19.4 Å². The van der Waals surface area contributed by atoms with Gasteiger partial charge in [-0.25, -0.2) is 14.2 Å². The van der Waals surface area contributed by atoms with E-state index in [9.17, 15) is 14.3 Å². The number of hydrogen-bond donors (Lipinski definition) is 2. The number of hydrogen-bond acceptors (Lipinski definition) is 6. The minimum Gasteiger partial charge on any atom is -0.497 e. The molecule has 1 fully saturated rings. The Morgan fingerprint density at radius 2 is 2.08 bits per heavy atom. The maximum absolute atomic E-state index is 13.9. The minimum absolute atomic E-state index is 0.225. The summed E-state index contributed by atoms with van der Waals surface area (Å²) >= 11 is 1.67. The molecular formula is C29H32FN5O3S. The quantitative estimate of drug-likeness (QED) is 0.370. The van der Waals surface area contributed by atoms with Crippen LogP contribution >= 0.6 is 11.3 Å². The second kappa shape index (κ2) is 10.3. The highest BCUT2D eigenvalue weighted by molar-refractivity contribution is 7.09. The van der Waals surface area contributed by atoms with Crippen LogP contribution in [0.5, 0.6) is 5.75 Å². The largest absolute Gasteiger partial charge is 0.497 e. The number of benzene rings is 2. The highest BCUT2D eigenvalue weighted by atomic mass is 32.1. The number of piperidine rings is 1. The average molecular weight is 550 g/mol. The molecule has 4 aromatic rings. The lowest BCUT2D eigenvalue weighted by atomic mass is 9.68. The molecule has 2 amide bonds. The standard InChI is InChI=1S/C29H32FN5O3S/c1-33-23-15-21(38-2)6-7-22(23)26-27(33)24(17-36)35(28(37)32-20-5-3-4-19(30)14-20)18-29(26)8-11-34(12-9-29)16-25-31-10-13-39-25/h3-7,10,13-15,24,36H,8-9,11-12,16-18H2,1-2H3,(H,32,37)/t24-/m0/s1. The Kier molecular flexibility index (Phi) is 6.78. The molecule has 204 valence electrons. The second-order valence-electron chi connectivity index (χ2n) is 10.5. The van der Waals surface area contributed by atoms with E-state index in [1.54, 1.807) is 35.5 Å². The van der Waals surface area contributed by atoms with Crippen LogP contribution in [0.25, 0.3) is 10.9 Å². The fourth-order valence-corrected chi connectivity index (χ4v) is 7.06. The number of carbonyl (C=O) groups is 1. The van der Waals surface area contributed by atoms with Crippen LogP contribution in [-0.4, -0.2) is 63.8 Å². The normalized spacial score (nSPS) is 18.9. The Hall–Kier alpha value is -3.47. The minimum atomic E-state index is -0.545. The van der Waals surface area contributed by atoms with Crippen LogP contribution in [0.4, 0.5) is 14.9 Å². The number of anilines is 1. The molecule has 0 saturated carbocycles. The summed E-state index contributed by atoms with van der Waals surface area (Å²) in [5.74, 6) is 0.341. The molecule has 2 N–H and O–H groups in total. The van der Waals surface area contributed by atoms with E-state index in [-0.39, 0.29) is 18.1 Å². The van der Waals surface area contributed by atoms with Gasteiger partial charge in [-0.15, -0.1) is 11.3 Å². The Morgan fingerprint density at radius 1 is 1.26 bits per heavy atom. The number of aliphatic hydroxyl groups excluding tert-OH is 1. The van der Waals surface area contributed by atoms with Gasteiger partial charge in [-0.3, -0.25) is 4.90 Å². The number of likely N-dealkylation sites (tertiary alicyclic amines) is 1. The SMILES string of the molecule is COc1ccc2c3c(n(C)c2c1)[C@H](CO)N(C(=O)Nc1cccc(F)c1)CC31CCN(Cc2nccs2)CC1. The average Bonchev–Trinajstić information content (AvgIpc) is 3.56. The van der Waals surface area contributed by atoms with Crippen LogP contribution in [-0.2, 0) is 19.0 Å². The van der Waals surface area contributed by atoms with Crippen LogP contribution in [0, 0.1) is 5.82 Å². The predicted octanol–water partition coefficient (Wildman–Crippen LogP) is 4.90. The molecule has 0 aliphatic carbocycles. The summed E-state index contributed by atoms with van der Waals surface area (Å²) in [4.78, 5) is 22.3. The fourth-order valence-electron chi connectivity index (χ4n) is 6.40. The van der Waals surface area contributed by atoms with Crippen molar-refractivity contribution >= 4 is 34.0 Å². The van der Waals surface area contributed by atoms with Crippen molar-refractivity contribution in [2.75, 3.05) is 38.7 Å². The number of rotatable bonds is 5. The first kappa shape index (κ1) is 25.8. The van der Waals surface area contributed by atoms with Crippen LogP contribution in [0.1, 0.15) is 35.1 Å². The van der Waals surface area contributed by atoms with Crippen LogP contribution in [0.15, 0.2) is 54.0 Å². The van der Waals surface area contributed by atoms with Gasteiger partial charge in [0.05, 0.1) is 31.8 Å². The molecule has 6 rings (SSSR count). The summed E-state index contributed by atoms with van der Waals surface area (Å²) in [6.07, 6.45) is 3.56. The number of methoxy groups -OCH3 is 1. The molecule has 0 unspecified atom stereocenters. The molecule has 2 aromatic carbocycles. The Balaban J connectivity index is 1.41. The van der Waals surface area contributed by atoms with Gasteiger partial charge in [-0.05, 0) is 61.8 Å². The van der Waals surface area contributed by atoms with Crippen molar-refractivity contribution in [3.8, 4) is 5.75 Å². The van der Waals surface area contributed by atoms with Crippen LogP contribution in [0.3, 0.4) is 0 Å². The lowest BCUT2D eigenvalue weighted by Gasteiger charge is -2.50. The maximum Gasteiger partial charge on any atom is 0.322 e. The second-order valence-corrected chi connectivity index (χ2v) is 11.4. The summed E-state index contributed by atoms with van der Waals surface area (Å²) in [5.41, 5.74) is 3.25. The number of aryl methyl sites for hydroxylation is 1. The van der Waals surface area contributed by atoms with Crippen molar-refractivity contribution in [1.29, 1.82) is 0 Å². The van der Waals surface area contributed by atoms with E-state index in [1.807, 2.05) is 30.8 Å². The van der Waals surface area contributed by atoms with Crippen molar-refractivity contribution in [2.24, 2.45) is 7.05 Å². The molecule has 1 atom stereocenters. The number of aliphatic hydroxyl groups is 1. The predicted molar refractivity (Wildman–Crippen MR) is 150 cm³/mol. The number of amides is 2. The zero-order chi connectivity index (χ0) is 27.1. The summed E-state index contributed by atoms with van der Waals surface area (Å²) in [6, 6.07) is 11.1. The highest BCUT2D eigenvalue weighted by Gasteiger charge is 2.49. The van der Waals surface area contributed by atoms with Gasteiger partial charge in [0.25, 0.3) is 0 Å². The Bertz CT molecular complexity index is 1500. The van der Waals surface area contributed by atoms with E-state index < -0.39 is 11.9 Å². The van der Waals surface area contributed by atoms with Crippen molar-refractivity contribution in [3.63, 3.8) is 0 Å². The number of nitrogens with zero attached hydrogens (tertiary/aromatic N) is 4. The van der Waals surface area contributed by atoms with E-state index in [1.165, 1.54) is 17.7 Å². The number of carbonyl (C=O) groups excluding carboxylic acids is 1. The smallest absolute Gasteiger partial charge is 0.322 e. The first-order valence-electron chi connectivity index (χ1n) is 13.1. The van der Waals surface area contributed by atoms with E-state index in [2.05, 4.69) is 25.8 Å². The van der Waals surface area contributed by atoms with E-state index in [0.717, 1.165) is 59.8 Å². The third-order valence-electron chi connectivity index (χ3n) is 8.31. The molecule has 1 saturated heterocycles. The molecule has 2 aliphatic rings. The number of urea groups is 1. The third kappa shape index (κ3) is 4.56. The summed E-state index contributed by atoms with van der Waals surface area (Å²) in [5, 5.41) is 17.8. The first-order valence-corrected chi connectivity index (χ1v) is 14.0. The molecule has 0 bridgehead atoms. The Morgan fingerprint density at radius 3 is 2.77 bits per heavy atom. The van der Waals surface area contributed by atoms with Crippen molar-refractivity contribution in [2.45, 2.75) is 30.8 Å². The van der Waals surface area contributed by atoms with E-state index >= 15 is 0 Å². The monoisotopic (exact) mass is 549 g/mol. The summed E-state index contributed by atoms with van der Waals surface area (Å²) in [6.45, 7) is 2.79. The topological polar surface area (TPSA) is 82.9 Å². The molecule has 39 heavy (non-hydrogen) atoms. The lowest BCUT2D eigenvalue weighted by molar-refractivity contribution is 0.0692. The molecule has 2 aromatic heterocycles. The molecule has 10 heteroatoms. The number of halogens is 1. The molecule has 1 spiro atoms. The zero-order valence-corrected chi connectivity index (χ0v) is 22.9. The lowest BCUT2D eigenvalue weighted by Crippen LogP contribution is -2.56. The molecule has 8 nitrogen and oxygen atoms in total. The van der Waals surface area contributed by atoms with Gasteiger partial charge in [0, 0.05) is 53.4 Å². The summed E-state index contributed by atoms with van der Waals surface area (Å²) in [7, 11) is 3.64. The number of aromatic nitrogens is 2. The molecule has 2 aliphatic heterocycles. The third-order valence-corrected chi connectivity index (χ3v) is 9.08. The zero-order valence-electron chi connectivity index (χ0n) is 22.1. The van der Waals surface area contributed by atoms with Gasteiger partial charge < -0.3 is 24.6 Å². The van der Waals surface area contributed by atoms with Crippen LogP contribution in [0.2, 0.25) is 0 Å². The van der Waals surface area contributed by atoms with E-state index in [0.29, 0.717) is 12.2 Å². The number of ether oxygens (including phenoxy) is 1. The van der Waals surface area contributed by atoms with Gasteiger partial charge in [0.15, 0.2) is 0 Å². The number of thiazole rings is 1. The molecular weight excluding hydrogens is 517 g/mol. The van der Waals surface area contributed by atoms with Crippen LogP contribution < -0.4 is 10.1 Å².